The van der Waals surface area contributed by atoms with Crippen molar-refractivity contribution in [3.05, 3.63) is 21.9 Å². The fraction of sp³-hybridized carbons (Fsp3) is 0.375. The number of methoxy groups -OCH3 is 1. The van der Waals surface area contributed by atoms with Crippen LogP contribution in [0.2, 0.25) is 0 Å². The Kier molecular flexibility index (Phi) is 3.89. The molecule has 0 aliphatic heterocycles. The van der Waals surface area contributed by atoms with Crippen LogP contribution in [-0.2, 0) is 6.67 Å². The monoisotopic (exact) mass is 270 g/mol. The molecule has 0 spiro atoms. The summed E-state index contributed by atoms with van der Waals surface area (Å²) in [6.45, 7) is -1.41. The number of hydrogen-bond donors (Lipinski definition) is 0. The van der Waals surface area contributed by atoms with Crippen molar-refractivity contribution in [2.45, 2.75) is 13.0 Å². The van der Waals surface area contributed by atoms with Gasteiger partial charge in [-0.1, -0.05) is 0 Å². The predicted octanol–water partition coefficient (Wildman–Crippen LogP) is 2.37. The van der Waals surface area contributed by atoms with Crippen LogP contribution in [0, 0.1) is 10.1 Å². The SMILES string of the molecule is COc1cc([N+](=O)[O-])c(CF)nc1OC(F)(F)F. The van der Waals surface area contributed by atoms with Gasteiger partial charge in [0, 0.05) is 0 Å². The minimum Gasteiger partial charge on any atom is -0.491 e. The number of pyridine rings is 1. The van der Waals surface area contributed by atoms with Crippen LogP contribution in [-0.4, -0.2) is 23.4 Å². The lowest BCUT2D eigenvalue weighted by molar-refractivity contribution is -0.386. The second-order valence-electron chi connectivity index (χ2n) is 2.90. The number of nitrogens with zero attached hydrogens (tertiary/aromatic N) is 2. The maximum absolute atomic E-state index is 12.5. The summed E-state index contributed by atoms with van der Waals surface area (Å²) < 4.78 is 56.4. The van der Waals surface area contributed by atoms with E-state index in [1.54, 1.807) is 0 Å². The minimum atomic E-state index is -5.07. The molecular formula is C8H6F4N2O4. The number of ether oxygens (including phenoxy) is 2. The number of nitro groups is 1. The Morgan fingerprint density at radius 3 is 2.50 bits per heavy atom. The molecule has 18 heavy (non-hydrogen) atoms. The second kappa shape index (κ2) is 5.02. The van der Waals surface area contributed by atoms with Crippen molar-refractivity contribution < 1.29 is 32.0 Å². The third-order valence-corrected chi connectivity index (χ3v) is 1.77. The first-order valence-corrected chi connectivity index (χ1v) is 4.32. The lowest BCUT2D eigenvalue weighted by Crippen LogP contribution is -2.19. The molecule has 0 aliphatic carbocycles. The topological polar surface area (TPSA) is 74.5 Å². The average molecular weight is 270 g/mol. The quantitative estimate of drug-likeness (QED) is 0.477. The van der Waals surface area contributed by atoms with E-state index in [1.165, 1.54) is 0 Å². The number of alkyl halides is 4. The van der Waals surface area contributed by atoms with Crippen molar-refractivity contribution in [2.75, 3.05) is 7.11 Å². The molecule has 1 rings (SSSR count). The van der Waals surface area contributed by atoms with Gasteiger partial charge in [0.2, 0.25) is 0 Å². The molecule has 0 bridgehead atoms. The van der Waals surface area contributed by atoms with E-state index >= 15 is 0 Å². The van der Waals surface area contributed by atoms with Crippen molar-refractivity contribution in [1.29, 1.82) is 0 Å². The van der Waals surface area contributed by atoms with E-state index < -0.39 is 41.0 Å². The molecular weight excluding hydrogens is 264 g/mol. The summed E-state index contributed by atoms with van der Waals surface area (Å²) in [5.41, 5.74) is -1.57. The Labute approximate surface area is 97.3 Å². The second-order valence-corrected chi connectivity index (χ2v) is 2.90. The Morgan fingerprint density at radius 1 is 1.50 bits per heavy atom. The molecule has 1 aromatic heterocycles. The van der Waals surface area contributed by atoms with E-state index in [4.69, 9.17) is 0 Å². The van der Waals surface area contributed by atoms with Crippen LogP contribution in [0.15, 0.2) is 6.07 Å². The van der Waals surface area contributed by atoms with Crippen molar-refractivity contribution >= 4 is 5.69 Å². The average Bonchev–Trinajstić information content (AvgIpc) is 2.25. The molecule has 0 fully saturated rings. The first-order valence-electron chi connectivity index (χ1n) is 4.32. The van der Waals surface area contributed by atoms with Crippen LogP contribution in [0.5, 0.6) is 11.6 Å². The van der Waals surface area contributed by atoms with Crippen LogP contribution in [0.1, 0.15) is 5.69 Å². The summed E-state index contributed by atoms with van der Waals surface area (Å²) in [6.07, 6.45) is -5.07. The highest BCUT2D eigenvalue weighted by atomic mass is 19.4. The van der Waals surface area contributed by atoms with Gasteiger partial charge in [0.25, 0.3) is 11.6 Å². The molecule has 0 amide bonds. The van der Waals surface area contributed by atoms with Gasteiger partial charge in [0.15, 0.2) is 11.4 Å². The Morgan fingerprint density at radius 2 is 2.11 bits per heavy atom. The molecule has 0 radical (unpaired) electrons. The highest BCUT2D eigenvalue weighted by molar-refractivity contribution is 5.47. The normalized spacial score (nSPS) is 11.2. The molecule has 0 unspecified atom stereocenters. The van der Waals surface area contributed by atoms with Crippen LogP contribution < -0.4 is 9.47 Å². The molecule has 0 saturated carbocycles. The first kappa shape index (κ1) is 13.9. The highest BCUT2D eigenvalue weighted by Crippen LogP contribution is 2.34. The largest absolute Gasteiger partial charge is 0.574 e. The standard InChI is InChI=1S/C8H6F4N2O4/c1-17-6-2-5(14(15)16)4(3-9)13-7(6)18-8(10,11)12/h2H,3H2,1H3. The Balaban J connectivity index is 3.30. The molecule has 100 valence electrons. The third-order valence-electron chi connectivity index (χ3n) is 1.77. The highest BCUT2D eigenvalue weighted by Gasteiger charge is 2.34. The Hall–Kier alpha value is -2.13. The summed E-state index contributed by atoms with van der Waals surface area (Å²) in [5.74, 6) is -1.69. The van der Waals surface area contributed by atoms with Gasteiger partial charge in [-0.05, 0) is 0 Å². The van der Waals surface area contributed by atoms with Crippen LogP contribution in [0.3, 0.4) is 0 Å². The smallest absolute Gasteiger partial charge is 0.491 e. The summed E-state index contributed by atoms with van der Waals surface area (Å²) in [6, 6.07) is 0.614. The van der Waals surface area contributed by atoms with Crippen LogP contribution >= 0.6 is 0 Å². The van der Waals surface area contributed by atoms with Crippen LogP contribution in [0.4, 0.5) is 23.2 Å². The van der Waals surface area contributed by atoms with E-state index in [0.29, 0.717) is 6.07 Å². The summed E-state index contributed by atoms with van der Waals surface area (Å²) in [7, 11) is 0.971. The number of aromatic nitrogens is 1. The van der Waals surface area contributed by atoms with Gasteiger partial charge >= 0.3 is 6.36 Å². The molecule has 0 aromatic carbocycles. The summed E-state index contributed by atoms with van der Waals surface area (Å²) in [4.78, 5) is 12.6. The van der Waals surface area contributed by atoms with Gasteiger partial charge in [-0.3, -0.25) is 10.1 Å². The zero-order valence-electron chi connectivity index (χ0n) is 8.82. The van der Waals surface area contributed by atoms with Crippen molar-refractivity contribution in [3.63, 3.8) is 0 Å². The third kappa shape index (κ3) is 3.18. The first-order chi connectivity index (χ1) is 8.28. The van der Waals surface area contributed by atoms with Gasteiger partial charge < -0.3 is 9.47 Å². The fourth-order valence-electron chi connectivity index (χ4n) is 1.09. The molecule has 0 aliphatic rings. The lowest BCUT2D eigenvalue weighted by atomic mass is 10.3. The molecule has 0 N–H and O–H groups in total. The van der Waals surface area contributed by atoms with Gasteiger partial charge in [-0.2, -0.15) is 0 Å². The van der Waals surface area contributed by atoms with E-state index in [0.717, 1.165) is 7.11 Å². The summed E-state index contributed by atoms with van der Waals surface area (Å²) in [5, 5.41) is 10.5. The zero-order valence-corrected chi connectivity index (χ0v) is 8.82. The lowest BCUT2D eigenvalue weighted by Gasteiger charge is -2.12. The minimum absolute atomic E-state index is 0.614. The van der Waals surface area contributed by atoms with Gasteiger partial charge in [0.05, 0.1) is 18.1 Å². The molecule has 0 saturated heterocycles. The van der Waals surface area contributed by atoms with Gasteiger partial charge in [-0.15, -0.1) is 13.2 Å². The zero-order chi connectivity index (χ0) is 13.9. The molecule has 1 heterocycles. The number of hydrogen-bond acceptors (Lipinski definition) is 5. The number of halogens is 4. The Bertz CT molecular complexity index is 463. The van der Waals surface area contributed by atoms with Crippen molar-refractivity contribution in [2.24, 2.45) is 0 Å². The molecule has 1 aromatic rings. The van der Waals surface area contributed by atoms with E-state index in [2.05, 4.69) is 14.5 Å². The molecule has 10 heteroatoms. The van der Waals surface area contributed by atoms with Crippen LogP contribution in [0.25, 0.3) is 0 Å². The molecule has 0 atom stereocenters. The maximum atomic E-state index is 12.5. The summed E-state index contributed by atoms with van der Waals surface area (Å²) >= 11 is 0. The van der Waals surface area contributed by atoms with Gasteiger partial charge in [0.1, 0.15) is 6.67 Å². The molecule has 6 nitrogen and oxygen atoms in total. The van der Waals surface area contributed by atoms with E-state index in [-0.39, 0.29) is 0 Å². The van der Waals surface area contributed by atoms with Crippen molar-refractivity contribution in [3.8, 4) is 11.6 Å². The van der Waals surface area contributed by atoms with E-state index in [1.807, 2.05) is 0 Å². The van der Waals surface area contributed by atoms with Crippen molar-refractivity contribution in [1.82, 2.24) is 4.98 Å². The maximum Gasteiger partial charge on any atom is 0.574 e. The van der Waals surface area contributed by atoms with E-state index in [9.17, 15) is 27.7 Å². The van der Waals surface area contributed by atoms with Gasteiger partial charge in [-0.25, -0.2) is 9.37 Å². The fourth-order valence-corrected chi connectivity index (χ4v) is 1.09. The predicted molar refractivity (Wildman–Crippen MR) is 48.9 cm³/mol. The number of rotatable bonds is 4.